The fourth-order valence-corrected chi connectivity index (χ4v) is 1.16. The first-order valence-corrected chi connectivity index (χ1v) is 5.05. The smallest absolute Gasteiger partial charge is 0.0256 e. The summed E-state index contributed by atoms with van der Waals surface area (Å²) in [7, 11) is 0. The van der Waals surface area contributed by atoms with E-state index >= 15 is 0 Å². The van der Waals surface area contributed by atoms with E-state index in [2.05, 4.69) is 30.9 Å². The molecule has 0 aliphatic carbocycles. The third-order valence-corrected chi connectivity index (χ3v) is 1.98. The minimum Gasteiger partial charge on any atom is -0.0985 e. The van der Waals surface area contributed by atoms with Crippen molar-refractivity contribution in [3.05, 3.63) is 78.4 Å². The molecule has 0 saturated carbocycles. The molecule has 1 aromatic carbocycles. The Morgan fingerprint density at radius 3 is 2.53 bits per heavy atom. The van der Waals surface area contributed by atoms with E-state index in [1.54, 1.807) is 0 Å². The predicted octanol–water partition coefficient (Wildman–Crippen LogP) is 4.39. The van der Waals surface area contributed by atoms with E-state index in [9.17, 15) is 0 Å². The van der Waals surface area contributed by atoms with Crippen molar-refractivity contribution in [3.63, 3.8) is 0 Å². The van der Waals surface area contributed by atoms with E-state index < -0.39 is 0 Å². The van der Waals surface area contributed by atoms with Gasteiger partial charge in [0.25, 0.3) is 0 Å². The normalized spacial score (nSPS) is 12.5. The summed E-state index contributed by atoms with van der Waals surface area (Å²) in [5, 5.41) is 0. The molecule has 0 radical (unpaired) electrons. The minimum atomic E-state index is 1.11. The van der Waals surface area contributed by atoms with E-state index in [4.69, 9.17) is 0 Å². The van der Waals surface area contributed by atoms with E-state index in [0.717, 1.165) is 5.57 Å². The summed E-state index contributed by atoms with van der Waals surface area (Å²) in [6.07, 6.45) is 12.0. The van der Waals surface area contributed by atoms with E-state index in [1.165, 1.54) is 5.56 Å². The molecule has 0 aliphatic rings. The topological polar surface area (TPSA) is 0 Å². The highest BCUT2D eigenvalue weighted by atomic mass is 13.9. The first kappa shape index (κ1) is 11.3. The van der Waals surface area contributed by atoms with Crippen molar-refractivity contribution in [1.29, 1.82) is 0 Å². The molecule has 0 spiro atoms. The molecular formula is C15H16. The van der Waals surface area contributed by atoms with Crippen LogP contribution in [0.5, 0.6) is 0 Å². The third kappa shape index (κ3) is 4.28. The molecule has 0 unspecified atom stereocenters. The summed E-state index contributed by atoms with van der Waals surface area (Å²) < 4.78 is 0. The van der Waals surface area contributed by atoms with Gasteiger partial charge >= 0.3 is 0 Å². The molecule has 0 aromatic heterocycles. The molecule has 1 rings (SSSR count). The van der Waals surface area contributed by atoms with Crippen LogP contribution in [0.15, 0.2) is 72.9 Å². The van der Waals surface area contributed by atoms with Crippen LogP contribution in [-0.4, -0.2) is 0 Å². The quantitative estimate of drug-likeness (QED) is 0.626. The molecule has 15 heavy (non-hydrogen) atoms. The lowest BCUT2D eigenvalue weighted by Crippen LogP contribution is -1.71. The average Bonchev–Trinajstić information content (AvgIpc) is 2.31. The number of rotatable bonds is 4. The van der Waals surface area contributed by atoms with Crippen molar-refractivity contribution in [2.24, 2.45) is 0 Å². The largest absolute Gasteiger partial charge is 0.0985 e. The van der Waals surface area contributed by atoms with Gasteiger partial charge in [0.2, 0.25) is 0 Å². The number of benzene rings is 1. The van der Waals surface area contributed by atoms with Crippen LogP contribution in [0, 0.1) is 0 Å². The number of allylic oxidation sites excluding steroid dienone is 6. The lowest BCUT2D eigenvalue weighted by Gasteiger charge is -1.92. The first-order valence-electron chi connectivity index (χ1n) is 5.05. The Hall–Kier alpha value is -1.82. The molecule has 0 heterocycles. The Balaban J connectivity index is 2.75. The summed E-state index contributed by atoms with van der Waals surface area (Å²) >= 11 is 0. The van der Waals surface area contributed by atoms with Crippen LogP contribution in [0.25, 0.3) is 6.08 Å². The van der Waals surface area contributed by atoms with Gasteiger partial charge in [-0.25, -0.2) is 0 Å². The average molecular weight is 196 g/mol. The Bertz CT molecular complexity index is 378. The maximum Gasteiger partial charge on any atom is -0.0256 e. The van der Waals surface area contributed by atoms with Crippen LogP contribution >= 0.6 is 0 Å². The monoisotopic (exact) mass is 196 g/mol. The Morgan fingerprint density at radius 2 is 1.93 bits per heavy atom. The lowest BCUT2D eigenvalue weighted by molar-refractivity contribution is 1.64. The highest BCUT2D eigenvalue weighted by Gasteiger charge is 1.84. The molecule has 0 N–H and O–H groups in total. The van der Waals surface area contributed by atoms with Gasteiger partial charge in [0.1, 0.15) is 0 Å². The van der Waals surface area contributed by atoms with Crippen molar-refractivity contribution < 1.29 is 0 Å². The SMILES string of the molecule is C=CC(C=Cc1ccccc1)=CC=CC. The van der Waals surface area contributed by atoms with Crippen molar-refractivity contribution >= 4 is 6.08 Å². The van der Waals surface area contributed by atoms with Crippen LogP contribution in [0.2, 0.25) is 0 Å². The highest BCUT2D eigenvalue weighted by Crippen LogP contribution is 2.05. The van der Waals surface area contributed by atoms with Crippen LogP contribution in [0.1, 0.15) is 12.5 Å². The summed E-state index contributed by atoms with van der Waals surface area (Å²) in [6, 6.07) is 10.2. The third-order valence-electron chi connectivity index (χ3n) is 1.98. The van der Waals surface area contributed by atoms with Crippen molar-refractivity contribution in [3.8, 4) is 0 Å². The maximum atomic E-state index is 3.77. The zero-order valence-corrected chi connectivity index (χ0v) is 9.06. The first-order chi connectivity index (χ1) is 7.36. The van der Waals surface area contributed by atoms with Crippen LogP contribution < -0.4 is 0 Å². The second-order valence-electron chi connectivity index (χ2n) is 3.14. The summed E-state index contributed by atoms with van der Waals surface area (Å²) in [4.78, 5) is 0. The second kappa shape index (κ2) is 6.61. The van der Waals surface area contributed by atoms with Gasteiger partial charge in [-0.05, 0) is 18.1 Å². The van der Waals surface area contributed by atoms with E-state index in [-0.39, 0.29) is 0 Å². The zero-order valence-electron chi connectivity index (χ0n) is 9.06. The molecule has 0 nitrogen and oxygen atoms in total. The summed E-state index contributed by atoms with van der Waals surface area (Å²) in [6.45, 7) is 5.77. The van der Waals surface area contributed by atoms with Crippen molar-refractivity contribution in [2.45, 2.75) is 6.92 Å². The zero-order chi connectivity index (χ0) is 10.9. The van der Waals surface area contributed by atoms with Gasteiger partial charge in [-0.2, -0.15) is 0 Å². The molecule has 0 saturated heterocycles. The van der Waals surface area contributed by atoms with Gasteiger partial charge in [0, 0.05) is 0 Å². The molecule has 0 atom stereocenters. The molecular weight excluding hydrogens is 180 g/mol. The number of hydrogen-bond acceptors (Lipinski definition) is 0. The van der Waals surface area contributed by atoms with Gasteiger partial charge in [-0.1, -0.05) is 73.4 Å². The standard InChI is InChI=1S/C15H16/c1-3-5-9-14(4-2)12-13-15-10-7-6-8-11-15/h3-13H,2H2,1H3. The molecule has 0 fully saturated rings. The van der Waals surface area contributed by atoms with Crippen LogP contribution in [0.4, 0.5) is 0 Å². The van der Waals surface area contributed by atoms with Gasteiger partial charge in [0.05, 0.1) is 0 Å². The Morgan fingerprint density at radius 1 is 1.20 bits per heavy atom. The number of hydrogen-bond donors (Lipinski definition) is 0. The summed E-state index contributed by atoms with van der Waals surface area (Å²) in [5.41, 5.74) is 2.31. The van der Waals surface area contributed by atoms with Crippen molar-refractivity contribution in [1.82, 2.24) is 0 Å². The molecule has 0 amide bonds. The molecule has 0 bridgehead atoms. The fraction of sp³-hybridized carbons (Fsp3) is 0.0667. The van der Waals surface area contributed by atoms with E-state index in [0.29, 0.717) is 0 Å². The molecule has 0 heteroatoms. The second-order valence-corrected chi connectivity index (χ2v) is 3.14. The molecule has 76 valence electrons. The van der Waals surface area contributed by atoms with E-state index in [1.807, 2.05) is 49.4 Å². The molecule has 0 aliphatic heterocycles. The lowest BCUT2D eigenvalue weighted by atomic mass is 10.1. The Labute approximate surface area is 92.0 Å². The summed E-state index contributed by atoms with van der Waals surface area (Å²) in [5.74, 6) is 0. The van der Waals surface area contributed by atoms with Gasteiger partial charge in [-0.15, -0.1) is 0 Å². The van der Waals surface area contributed by atoms with Gasteiger partial charge in [-0.3, -0.25) is 0 Å². The van der Waals surface area contributed by atoms with Gasteiger partial charge in [0.15, 0.2) is 0 Å². The molecule has 1 aromatic rings. The maximum absolute atomic E-state index is 3.77. The Kier molecular flexibility index (Phi) is 4.96. The van der Waals surface area contributed by atoms with Gasteiger partial charge < -0.3 is 0 Å². The minimum absolute atomic E-state index is 1.11. The van der Waals surface area contributed by atoms with Crippen LogP contribution in [-0.2, 0) is 0 Å². The predicted molar refractivity (Wildman–Crippen MR) is 68.6 cm³/mol. The van der Waals surface area contributed by atoms with Crippen molar-refractivity contribution in [2.75, 3.05) is 0 Å². The fourth-order valence-electron chi connectivity index (χ4n) is 1.16. The van der Waals surface area contributed by atoms with Crippen LogP contribution in [0.3, 0.4) is 0 Å². The highest BCUT2D eigenvalue weighted by molar-refractivity contribution is 5.54.